The normalized spacial score (nSPS) is 42.0. The van der Waals surface area contributed by atoms with Crippen LogP contribution in [0.25, 0.3) is 0 Å². The highest BCUT2D eigenvalue weighted by Crippen LogP contribution is 2.55. The molecule has 0 radical (unpaired) electrons. The lowest BCUT2D eigenvalue weighted by molar-refractivity contribution is -0.0807. The smallest absolute Gasteiger partial charge is 0.0659 e. The van der Waals surface area contributed by atoms with Gasteiger partial charge in [-0.05, 0) is 45.4 Å². The fourth-order valence-electron chi connectivity index (χ4n) is 3.51. The summed E-state index contributed by atoms with van der Waals surface area (Å²) in [6.45, 7) is 4.51. The summed E-state index contributed by atoms with van der Waals surface area (Å²) in [5.74, 6) is 0.733. The predicted octanol–water partition coefficient (Wildman–Crippen LogP) is 2.35. The van der Waals surface area contributed by atoms with Crippen LogP contribution in [0.5, 0.6) is 0 Å². The number of aliphatic hydroxyl groups excluding tert-OH is 1. The summed E-state index contributed by atoms with van der Waals surface area (Å²) in [6, 6.07) is 0. The molecule has 1 N–H and O–H groups in total. The van der Waals surface area contributed by atoms with Crippen molar-refractivity contribution < 1.29 is 9.84 Å². The van der Waals surface area contributed by atoms with E-state index in [0.29, 0.717) is 18.8 Å². The Labute approximate surface area is 86.6 Å². The van der Waals surface area contributed by atoms with Crippen molar-refractivity contribution in [2.75, 3.05) is 6.61 Å². The maximum atomic E-state index is 9.63. The molecule has 2 rings (SSSR count). The summed E-state index contributed by atoms with van der Waals surface area (Å²) in [4.78, 5) is 0. The third-order valence-corrected chi connectivity index (χ3v) is 4.16. The second kappa shape index (κ2) is 3.82. The Hall–Kier alpha value is -0.0800. The monoisotopic (exact) mass is 198 g/mol. The number of aliphatic hydroxyl groups is 1. The van der Waals surface area contributed by atoms with Crippen molar-refractivity contribution in [2.24, 2.45) is 11.3 Å². The largest absolute Gasteiger partial charge is 0.396 e. The minimum atomic E-state index is 0.129. The molecule has 2 saturated carbocycles. The highest BCUT2D eigenvalue weighted by molar-refractivity contribution is 5.02. The zero-order valence-electron chi connectivity index (χ0n) is 9.33. The summed E-state index contributed by atoms with van der Waals surface area (Å²) >= 11 is 0. The zero-order chi connectivity index (χ0) is 10.2. The van der Waals surface area contributed by atoms with Gasteiger partial charge in [-0.15, -0.1) is 0 Å². The number of hydrogen-bond acceptors (Lipinski definition) is 2. The molecule has 14 heavy (non-hydrogen) atoms. The van der Waals surface area contributed by atoms with E-state index >= 15 is 0 Å². The van der Waals surface area contributed by atoms with Gasteiger partial charge in [0.15, 0.2) is 0 Å². The fourth-order valence-corrected chi connectivity index (χ4v) is 3.51. The van der Waals surface area contributed by atoms with Crippen molar-refractivity contribution in [1.82, 2.24) is 0 Å². The van der Waals surface area contributed by atoms with Crippen molar-refractivity contribution in [3.05, 3.63) is 0 Å². The van der Waals surface area contributed by atoms with E-state index in [0.717, 1.165) is 12.3 Å². The summed E-state index contributed by atoms with van der Waals surface area (Å²) in [5.41, 5.74) is 0.129. The Balaban J connectivity index is 2.10. The van der Waals surface area contributed by atoms with Crippen LogP contribution in [0.1, 0.15) is 46.0 Å². The fraction of sp³-hybridized carbons (Fsp3) is 1.00. The molecule has 2 aliphatic carbocycles. The van der Waals surface area contributed by atoms with Gasteiger partial charge in [-0.3, -0.25) is 0 Å². The molecule has 0 spiro atoms. The van der Waals surface area contributed by atoms with Crippen LogP contribution >= 0.6 is 0 Å². The molecule has 82 valence electrons. The number of fused-ring (bicyclic) bond motifs is 1. The van der Waals surface area contributed by atoms with Gasteiger partial charge in [0.2, 0.25) is 0 Å². The lowest BCUT2D eigenvalue weighted by atomic mass is 9.79. The molecule has 0 aromatic rings. The summed E-state index contributed by atoms with van der Waals surface area (Å²) in [6.07, 6.45) is 6.79. The summed E-state index contributed by atoms with van der Waals surface area (Å²) < 4.78 is 5.96. The Kier molecular flexibility index (Phi) is 2.85. The molecule has 3 unspecified atom stereocenters. The Morgan fingerprint density at radius 3 is 2.79 bits per heavy atom. The van der Waals surface area contributed by atoms with E-state index in [2.05, 4.69) is 13.8 Å². The van der Waals surface area contributed by atoms with E-state index < -0.39 is 0 Å². The van der Waals surface area contributed by atoms with Crippen LogP contribution in [0.4, 0.5) is 0 Å². The molecule has 0 heterocycles. The molecule has 0 amide bonds. The SMILES string of the molecule is CC(C)OC1CCC2CCCC21CO. The second-order valence-corrected chi connectivity index (χ2v) is 5.23. The van der Waals surface area contributed by atoms with Gasteiger partial charge in [0.05, 0.1) is 18.8 Å². The maximum absolute atomic E-state index is 9.63. The Bertz CT molecular complexity index is 202. The molecule has 0 bridgehead atoms. The van der Waals surface area contributed by atoms with Gasteiger partial charge in [-0.25, -0.2) is 0 Å². The van der Waals surface area contributed by atoms with Crippen LogP contribution in [0, 0.1) is 11.3 Å². The van der Waals surface area contributed by atoms with Gasteiger partial charge < -0.3 is 9.84 Å². The minimum absolute atomic E-state index is 0.129. The van der Waals surface area contributed by atoms with Crippen LogP contribution < -0.4 is 0 Å². The number of rotatable bonds is 3. The molecular formula is C12H22O2. The van der Waals surface area contributed by atoms with Gasteiger partial charge >= 0.3 is 0 Å². The molecule has 2 fully saturated rings. The van der Waals surface area contributed by atoms with Gasteiger partial charge in [-0.2, -0.15) is 0 Å². The van der Waals surface area contributed by atoms with Gasteiger partial charge in [-0.1, -0.05) is 6.42 Å². The van der Waals surface area contributed by atoms with E-state index in [1.54, 1.807) is 0 Å². The third-order valence-electron chi connectivity index (χ3n) is 4.16. The average molecular weight is 198 g/mol. The van der Waals surface area contributed by atoms with E-state index in [1.165, 1.54) is 25.7 Å². The Morgan fingerprint density at radius 2 is 2.14 bits per heavy atom. The van der Waals surface area contributed by atoms with E-state index in [9.17, 15) is 5.11 Å². The Morgan fingerprint density at radius 1 is 1.36 bits per heavy atom. The van der Waals surface area contributed by atoms with Crippen LogP contribution in [0.2, 0.25) is 0 Å². The van der Waals surface area contributed by atoms with Crippen LogP contribution in [-0.4, -0.2) is 23.9 Å². The lowest BCUT2D eigenvalue weighted by Gasteiger charge is -2.34. The molecule has 2 nitrogen and oxygen atoms in total. The van der Waals surface area contributed by atoms with E-state index in [1.807, 2.05) is 0 Å². The minimum Gasteiger partial charge on any atom is -0.396 e. The molecule has 0 saturated heterocycles. The summed E-state index contributed by atoms with van der Waals surface area (Å²) in [5, 5.41) is 9.63. The predicted molar refractivity (Wildman–Crippen MR) is 56.1 cm³/mol. The van der Waals surface area contributed by atoms with Crippen molar-refractivity contribution in [3.63, 3.8) is 0 Å². The van der Waals surface area contributed by atoms with Gasteiger partial charge in [0.25, 0.3) is 0 Å². The average Bonchev–Trinajstić information content (AvgIpc) is 2.65. The molecule has 2 heteroatoms. The van der Waals surface area contributed by atoms with Crippen LogP contribution in [-0.2, 0) is 4.74 Å². The number of ether oxygens (including phenoxy) is 1. The van der Waals surface area contributed by atoms with Gasteiger partial charge in [0.1, 0.15) is 0 Å². The number of hydrogen-bond donors (Lipinski definition) is 1. The summed E-state index contributed by atoms with van der Waals surface area (Å²) in [7, 11) is 0. The van der Waals surface area contributed by atoms with Gasteiger partial charge in [0, 0.05) is 5.41 Å². The van der Waals surface area contributed by atoms with E-state index in [4.69, 9.17) is 4.74 Å². The standard InChI is InChI=1S/C12H22O2/c1-9(2)14-11-6-5-10-4-3-7-12(10,11)8-13/h9-11,13H,3-8H2,1-2H3. The van der Waals surface area contributed by atoms with Crippen molar-refractivity contribution in [2.45, 2.75) is 58.2 Å². The lowest BCUT2D eigenvalue weighted by Crippen LogP contribution is -2.38. The van der Waals surface area contributed by atoms with Crippen LogP contribution in [0.15, 0.2) is 0 Å². The second-order valence-electron chi connectivity index (χ2n) is 5.23. The van der Waals surface area contributed by atoms with Crippen molar-refractivity contribution in [1.29, 1.82) is 0 Å². The molecule has 2 aliphatic rings. The topological polar surface area (TPSA) is 29.5 Å². The first-order valence-electron chi connectivity index (χ1n) is 5.95. The van der Waals surface area contributed by atoms with Crippen molar-refractivity contribution >= 4 is 0 Å². The molecular weight excluding hydrogens is 176 g/mol. The highest BCUT2D eigenvalue weighted by Gasteiger charge is 2.53. The highest BCUT2D eigenvalue weighted by atomic mass is 16.5. The first kappa shape index (κ1) is 10.4. The zero-order valence-corrected chi connectivity index (χ0v) is 9.33. The molecule has 0 aliphatic heterocycles. The first-order valence-corrected chi connectivity index (χ1v) is 5.95. The third kappa shape index (κ3) is 1.49. The van der Waals surface area contributed by atoms with Crippen molar-refractivity contribution in [3.8, 4) is 0 Å². The molecule has 0 aromatic heterocycles. The quantitative estimate of drug-likeness (QED) is 0.754. The molecule has 0 aromatic carbocycles. The van der Waals surface area contributed by atoms with Crippen LogP contribution in [0.3, 0.4) is 0 Å². The first-order chi connectivity index (χ1) is 6.69. The van der Waals surface area contributed by atoms with E-state index in [-0.39, 0.29) is 5.41 Å². The molecule has 3 atom stereocenters. The maximum Gasteiger partial charge on any atom is 0.0659 e.